The molecule has 1 aromatic heterocycles. The number of hydrogen-bond donors (Lipinski definition) is 2. The quantitative estimate of drug-likeness (QED) is 0.446. The predicted octanol–water partition coefficient (Wildman–Crippen LogP) is 4.63. The molecule has 2 N–H and O–H groups in total. The molecule has 4 aromatic rings. The molecule has 0 saturated heterocycles. The highest BCUT2D eigenvalue weighted by Gasteiger charge is 2.16. The second kappa shape index (κ2) is 8.59. The number of nitrogens with zero attached hydrogens (tertiary/aromatic N) is 3. The Morgan fingerprint density at radius 1 is 1.07 bits per heavy atom. The number of nitrogens with one attached hydrogen (secondary N) is 1. The van der Waals surface area contributed by atoms with E-state index in [0.29, 0.717) is 16.5 Å². The number of fused-ring (bicyclic) bond motifs is 1. The fourth-order valence-electron chi connectivity index (χ4n) is 3.35. The summed E-state index contributed by atoms with van der Waals surface area (Å²) >= 11 is 1.31. The van der Waals surface area contributed by atoms with Crippen LogP contribution in [0.1, 0.15) is 12.5 Å². The van der Waals surface area contributed by atoms with Gasteiger partial charge < -0.3 is 15.0 Å². The fraction of sp³-hybridized carbons (Fsp3) is 0.174. The van der Waals surface area contributed by atoms with Crippen molar-refractivity contribution in [1.29, 1.82) is 0 Å². The van der Waals surface area contributed by atoms with Crippen molar-refractivity contribution in [3.63, 3.8) is 0 Å². The third-order valence-corrected chi connectivity index (χ3v) is 5.96. The molecule has 7 heteroatoms. The van der Waals surface area contributed by atoms with E-state index < -0.39 is 0 Å². The number of amides is 1. The van der Waals surface area contributed by atoms with Crippen LogP contribution in [0, 0.1) is 0 Å². The number of aromatic nitrogens is 3. The Kier molecular flexibility index (Phi) is 5.72. The van der Waals surface area contributed by atoms with Crippen LogP contribution in [-0.2, 0) is 18.3 Å². The van der Waals surface area contributed by atoms with Gasteiger partial charge in [0.05, 0.1) is 11.3 Å². The molecule has 0 radical (unpaired) electrons. The Bertz CT molecular complexity index is 1220. The highest BCUT2D eigenvalue weighted by Crippen LogP contribution is 2.33. The zero-order valence-electron chi connectivity index (χ0n) is 16.8. The standard InChI is InChI=1S/C23H22N4O2S/c1-3-15-8-6-7-11-19(15)24-21(29)14-30-23-26-25-22(27(23)2)18-12-16-9-4-5-10-17(16)13-20(18)28/h4-13,28H,3,14H2,1-2H3,(H,24,29). The normalized spacial score (nSPS) is 11.0. The molecular formula is C23H22N4O2S. The van der Waals surface area contributed by atoms with Crippen molar-refractivity contribution in [2.24, 2.45) is 7.05 Å². The maximum absolute atomic E-state index is 12.4. The maximum atomic E-state index is 12.4. The third kappa shape index (κ3) is 4.02. The summed E-state index contributed by atoms with van der Waals surface area (Å²) in [5.41, 5.74) is 2.55. The summed E-state index contributed by atoms with van der Waals surface area (Å²) in [7, 11) is 1.83. The fourth-order valence-corrected chi connectivity index (χ4v) is 4.06. The third-order valence-electron chi connectivity index (χ3n) is 4.94. The van der Waals surface area contributed by atoms with Crippen LogP contribution in [0.3, 0.4) is 0 Å². The summed E-state index contributed by atoms with van der Waals surface area (Å²) < 4.78 is 1.79. The molecule has 0 aliphatic heterocycles. The number of carbonyl (C=O) groups is 1. The van der Waals surface area contributed by atoms with E-state index in [2.05, 4.69) is 22.4 Å². The summed E-state index contributed by atoms with van der Waals surface area (Å²) in [5, 5.41) is 24.5. The highest BCUT2D eigenvalue weighted by molar-refractivity contribution is 7.99. The summed E-state index contributed by atoms with van der Waals surface area (Å²) in [5.74, 6) is 0.819. The lowest BCUT2D eigenvalue weighted by Gasteiger charge is -2.10. The smallest absolute Gasteiger partial charge is 0.234 e. The van der Waals surface area contributed by atoms with Gasteiger partial charge in [-0.1, -0.05) is 61.2 Å². The molecule has 0 unspecified atom stereocenters. The number of carbonyl (C=O) groups excluding carboxylic acids is 1. The molecule has 4 rings (SSSR count). The second-order valence-corrected chi connectivity index (χ2v) is 7.87. The van der Waals surface area contributed by atoms with Crippen molar-refractivity contribution >= 4 is 34.1 Å². The van der Waals surface area contributed by atoms with Crippen LogP contribution in [-0.4, -0.2) is 31.5 Å². The molecular weight excluding hydrogens is 396 g/mol. The first kappa shape index (κ1) is 20.0. The van der Waals surface area contributed by atoms with Gasteiger partial charge in [-0.25, -0.2) is 0 Å². The van der Waals surface area contributed by atoms with E-state index in [1.54, 1.807) is 10.6 Å². The van der Waals surface area contributed by atoms with Crippen LogP contribution in [0.25, 0.3) is 22.2 Å². The lowest BCUT2D eigenvalue weighted by molar-refractivity contribution is -0.113. The largest absolute Gasteiger partial charge is 0.507 e. The maximum Gasteiger partial charge on any atom is 0.234 e. The van der Waals surface area contributed by atoms with Crippen molar-refractivity contribution in [1.82, 2.24) is 14.8 Å². The number of hydrogen-bond acceptors (Lipinski definition) is 5. The van der Waals surface area contributed by atoms with Gasteiger partial charge in [-0.15, -0.1) is 10.2 Å². The Balaban J connectivity index is 1.50. The van der Waals surface area contributed by atoms with Crippen molar-refractivity contribution < 1.29 is 9.90 Å². The number of para-hydroxylation sites is 1. The number of rotatable bonds is 6. The molecule has 6 nitrogen and oxygen atoms in total. The first-order chi connectivity index (χ1) is 14.6. The summed E-state index contributed by atoms with van der Waals surface area (Å²) in [4.78, 5) is 12.4. The van der Waals surface area contributed by atoms with E-state index in [1.807, 2.05) is 61.6 Å². The Morgan fingerprint density at radius 3 is 2.53 bits per heavy atom. The van der Waals surface area contributed by atoms with Gasteiger partial charge in [0.15, 0.2) is 11.0 Å². The molecule has 30 heavy (non-hydrogen) atoms. The van der Waals surface area contributed by atoms with Crippen LogP contribution in [0.4, 0.5) is 5.69 Å². The molecule has 0 saturated carbocycles. The summed E-state index contributed by atoms with van der Waals surface area (Å²) in [6.07, 6.45) is 0.853. The lowest BCUT2D eigenvalue weighted by Crippen LogP contribution is -2.15. The molecule has 1 amide bonds. The van der Waals surface area contributed by atoms with E-state index in [4.69, 9.17) is 0 Å². The zero-order valence-corrected chi connectivity index (χ0v) is 17.6. The van der Waals surface area contributed by atoms with Gasteiger partial charge in [0.1, 0.15) is 5.75 Å². The van der Waals surface area contributed by atoms with Crippen molar-refractivity contribution in [3.05, 3.63) is 66.2 Å². The number of aryl methyl sites for hydroxylation is 1. The van der Waals surface area contributed by atoms with E-state index in [9.17, 15) is 9.90 Å². The molecule has 0 fully saturated rings. The number of anilines is 1. The lowest BCUT2D eigenvalue weighted by atomic mass is 10.1. The second-order valence-electron chi connectivity index (χ2n) is 6.93. The van der Waals surface area contributed by atoms with Gasteiger partial charge in [-0.2, -0.15) is 0 Å². The van der Waals surface area contributed by atoms with Gasteiger partial charge in [-0.3, -0.25) is 4.79 Å². The Labute approximate surface area is 179 Å². The molecule has 0 atom stereocenters. The van der Waals surface area contributed by atoms with Crippen LogP contribution in [0.15, 0.2) is 65.8 Å². The number of benzene rings is 3. The summed E-state index contributed by atoms with van der Waals surface area (Å²) in [6, 6.07) is 19.2. The Morgan fingerprint density at radius 2 is 1.77 bits per heavy atom. The van der Waals surface area contributed by atoms with E-state index >= 15 is 0 Å². The molecule has 0 spiro atoms. The first-order valence-corrected chi connectivity index (χ1v) is 10.7. The summed E-state index contributed by atoms with van der Waals surface area (Å²) in [6.45, 7) is 2.06. The van der Waals surface area contributed by atoms with E-state index in [-0.39, 0.29) is 17.4 Å². The minimum Gasteiger partial charge on any atom is -0.507 e. The average Bonchev–Trinajstić information content (AvgIpc) is 3.12. The zero-order chi connectivity index (χ0) is 21.1. The van der Waals surface area contributed by atoms with Gasteiger partial charge in [0, 0.05) is 12.7 Å². The molecule has 0 bridgehead atoms. The van der Waals surface area contributed by atoms with Crippen LogP contribution < -0.4 is 5.32 Å². The molecule has 152 valence electrons. The van der Waals surface area contributed by atoms with Crippen molar-refractivity contribution in [2.75, 3.05) is 11.1 Å². The Hall–Kier alpha value is -3.32. The van der Waals surface area contributed by atoms with Crippen molar-refractivity contribution in [3.8, 4) is 17.1 Å². The molecule has 3 aromatic carbocycles. The molecule has 1 heterocycles. The number of aromatic hydroxyl groups is 1. The number of phenols is 1. The number of phenolic OH excluding ortho intramolecular Hbond substituents is 1. The van der Waals surface area contributed by atoms with Gasteiger partial charge in [0.2, 0.25) is 5.91 Å². The number of thioether (sulfide) groups is 1. The highest BCUT2D eigenvalue weighted by atomic mass is 32.2. The van der Waals surface area contributed by atoms with Gasteiger partial charge in [0.25, 0.3) is 0 Å². The van der Waals surface area contributed by atoms with Crippen LogP contribution >= 0.6 is 11.8 Å². The van der Waals surface area contributed by atoms with Gasteiger partial charge in [-0.05, 0) is 41.0 Å². The SMILES string of the molecule is CCc1ccccc1NC(=O)CSc1nnc(-c2cc3ccccc3cc2O)n1C. The van der Waals surface area contributed by atoms with E-state index in [0.717, 1.165) is 28.4 Å². The first-order valence-electron chi connectivity index (χ1n) is 9.69. The monoisotopic (exact) mass is 418 g/mol. The topological polar surface area (TPSA) is 80.0 Å². The molecule has 0 aliphatic carbocycles. The van der Waals surface area contributed by atoms with Crippen LogP contribution in [0.2, 0.25) is 0 Å². The van der Waals surface area contributed by atoms with Gasteiger partial charge >= 0.3 is 0 Å². The minimum absolute atomic E-state index is 0.0981. The van der Waals surface area contributed by atoms with E-state index in [1.165, 1.54) is 11.8 Å². The minimum atomic E-state index is -0.0981. The predicted molar refractivity (Wildman–Crippen MR) is 121 cm³/mol. The average molecular weight is 419 g/mol. The molecule has 0 aliphatic rings. The van der Waals surface area contributed by atoms with Crippen LogP contribution in [0.5, 0.6) is 5.75 Å². The van der Waals surface area contributed by atoms with Crippen molar-refractivity contribution in [2.45, 2.75) is 18.5 Å².